The lowest BCUT2D eigenvalue weighted by Crippen LogP contribution is -2.26. The third-order valence-corrected chi connectivity index (χ3v) is 3.54. The Balaban J connectivity index is 1.84. The number of halogens is 1. The fraction of sp³-hybridized carbons (Fsp3) is 0.353. The number of benzene rings is 1. The number of hydrogen-bond donors (Lipinski definition) is 2. The van der Waals surface area contributed by atoms with Crippen LogP contribution in [0.1, 0.15) is 36.3 Å². The minimum atomic E-state index is -0.192. The molecule has 0 saturated carbocycles. The Bertz CT molecular complexity index is 626. The first-order valence-electron chi connectivity index (χ1n) is 7.65. The van der Waals surface area contributed by atoms with Gasteiger partial charge in [-0.25, -0.2) is 0 Å². The number of nitrogens with zero attached hydrogens (tertiary/aromatic N) is 2. The minimum Gasteiger partial charge on any atom is -0.365 e. The normalized spacial score (nSPS) is 10.6. The topological polar surface area (TPSA) is 66.9 Å². The van der Waals surface area contributed by atoms with Gasteiger partial charge in [-0.15, -0.1) is 10.2 Å². The van der Waals surface area contributed by atoms with Gasteiger partial charge in [-0.1, -0.05) is 37.6 Å². The molecule has 0 saturated heterocycles. The van der Waals surface area contributed by atoms with Crippen LogP contribution in [0.3, 0.4) is 0 Å². The molecule has 1 aromatic heterocycles. The highest BCUT2D eigenvalue weighted by atomic mass is 35.5. The summed E-state index contributed by atoms with van der Waals surface area (Å²) >= 11 is 5.85. The summed E-state index contributed by atoms with van der Waals surface area (Å²) in [5.74, 6) is 0.988. The minimum absolute atomic E-state index is 0.192. The Morgan fingerprint density at radius 1 is 1.13 bits per heavy atom. The average molecular weight is 333 g/mol. The Hall–Kier alpha value is -2.14. The number of carbonyl (C=O) groups is 1. The van der Waals surface area contributed by atoms with E-state index < -0.39 is 0 Å². The second-order valence-electron chi connectivity index (χ2n) is 5.72. The number of carbonyl (C=O) groups excluding carboxylic acids is 1. The Morgan fingerprint density at radius 3 is 2.48 bits per heavy atom. The lowest BCUT2D eigenvalue weighted by Gasteiger charge is -2.08. The molecule has 0 fully saturated rings. The number of nitrogens with one attached hydrogen (secondary N) is 2. The molecule has 2 rings (SSSR count). The van der Waals surface area contributed by atoms with Crippen LogP contribution in [0.4, 0.5) is 5.82 Å². The Labute approximate surface area is 141 Å². The number of amides is 1. The van der Waals surface area contributed by atoms with Crippen LogP contribution in [-0.2, 0) is 6.54 Å². The zero-order valence-electron chi connectivity index (χ0n) is 13.3. The third kappa shape index (κ3) is 5.87. The molecule has 0 aliphatic heterocycles. The van der Waals surface area contributed by atoms with E-state index in [4.69, 9.17) is 11.6 Å². The van der Waals surface area contributed by atoms with Crippen molar-refractivity contribution in [3.8, 4) is 0 Å². The second kappa shape index (κ2) is 8.48. The molecule has 0 aliphatic rings. The summed E-state index contributed by atoms with van der Waals surface area (Å²) in [6.45, 7) is 5.50. The molecule has 23 heavy (non-hydrogen) atoms. The molecular weight excluding hydrogens is 312 g/mol. The van der Waals surface area contributed by atoms with Gasteiger partial charge in [0.2, 0.25) is 0 Å². The van der Waals surface area contributed by atoms with Crippen LogP contribution < -0.4 is 10.6 Å². The van der Waals surface area contributed by atoms with Gasteiger partial charge in [-0.2, -0.15) is 0 Å². The maximum absolute atomic E-state index is 11.9. The van der Waals surface area contributed by atoms with E-state index in [0.717, 1.165) is 12.0 Å². The summed E-state index contributed by atoms with van der Waals surface area (Å²) in [6.07, 6.45) is 0.944. The first kappa shape index (κ1) is 17.2. The summed E-state index contributed by atoms with van der Waals surface area (Å²) in [5.41, 5.74) is 1.41. The van der Waals surface area contributed by atoms with Crippen molar-refractivity contribution in [3.63, 3.8) is 0 Å². The molecule has 0 radical (unpaired) electrons. The monoisotopic (exact) mass is 332 g/mol. The van der Waals surface area contributed by atoms with Crippen LogP contribution in [0.2, 0.25) is 5.02 Å². The summed E-state index contributed by atoms with van der Waals surface area (Å²) in [4.78, 5) is 11.9. The molecule has 0 spiro atoms. The SMILES string of the molecule is CC(C)CCNC(=O)c1ccc(NCc2ccc(Cl)cc2)nn1. The van der Waals surface area contributed by atoms with E-state index in [1.807, 2.05) is 24.3 Å². The van der Waals surface area contributed by atoms with E-state index in [2.05, 4.69) is 34.7 Å². The lowest BCUT2D eigenvalue weighted by molar-refractivity contribution is 0.0946. The van der Waals surface area contributed by atoms with Crippen molar-refractivity contribution in [2.45, 2.75) is 26.8 Å². The standard InChI is InChI=1S/C17H21ClN4O/c1-12(2)9-10-19-17(23)15-7-8-16(22-21-15)20-11-13-3-5-14(18)6-4-13/h3-8,12H,9-11H2,1-2H3,(H,19,23)(H,20,22). The van der Waals surface area contributed by atoms with Gasteiger partial charge < -0.3 is 10.6 Å². The fourth-order valence-electron chi connectivity index (χ4n) is 1.91. The number of anilines is 1. The molecule has 122 valence electrons. The van der Waals surface area contributed by atoms with Gasteiger partial charge in [0, 0.05) is 18.1 Å². The molecule has 6 heteroatoms. The van der Waals surface area contributed by atoms with E-state index in [1.54, 1.807) is 12.1 Å². The summed E-state index contributed by atoms with van der Waals surface area (Å²) in [5, 5.41) is 14.7. The van der Waals surface area contributed by atoms with Crippen LogP contribution in [0.5, 0.6) is 0 Å². The molecule has 5 nitrogen and oxygen atoms in total. The van der Waals surface area contributed by atoms with Crippen molar-refractivity contribution >= 4 is 23.3 Å². The number of aromatic nitrogens is 2. The third-order valence-electron chi connectivity index (χ3n) is 3.29. The zero-order valence-corrected chi connectivity index (χ0v) is 14.1. The molecule has 1 aromatic carbocycles. The van der Waals surface area contributed by atoms with Crippen molar-refractivity contribution in [1.82, 2.24) is 15.5 Å². The van der Waals surface area contributed by atoms with Crippen molar-refractivity contribution in [2.24, 2.45) is 5.92 Å². The van der Waals surface area contributed by atoms with Gasteiger partial charge in [0.15, 0.2) is 5.69 Å². The second-order valence-corrected chi connectivity index (χ2v) is 6.16. The highest BCUT2D eigenvalue weighted by Gasteiger charge is 2.08. The van der Waals surface area contributed by atoms with E-state index in [9.17, 15) is 4.79 Å². The number of hydrogen-bond acceptors (Lipinski definition) is 4. The van der Waals surface area contributed by atoms with Gasteiger partial charge in [-0.3, -0.25) is 4.79 Å². The molecule has 1 heterocycles. The summed E-state index contributed by atoms with van der Waals surface area (Å²) in [7, 11) is 0. The molecule has 2 N–H and O–H groups in total. The smallest absolute Gasteiger partial charge is 0.271 e. The highest BCUT2D eigenvalue weighted by molar-refractivity contribution is 6.30. The predicted molar refractivity (Wildman–Crippen MR) is 92.6 cm³/mol. The van der Waals surface area contributed by atoms with E-state index in [-0.39, 0.29) is 5.91 Å². The fourth-order valence-corrected chi connectivity index (χ4v) is 2.03. The van der Waals surface area contributed by atoms with Crippen LogP contribution in [0.15, 0.2) is 36.4 Å². The van der Waals surface area contributed by atoms with Crippen LogP contribution >= 0.6 is 11.6 Å². The highest BCUT2D eigenvalue weighted by Crippen LogP contribution is 2.11. The number of rotatable bonds is 7. The van der Waals surface area contributed by atoms with Gasteiger partial charge in [0.25, 0.3) is 5.91 Å². The van der Waals surface area contributed by atoms with Gasteiger partial charge in [0.05, 0.1) is 0 Å². The van der Waals surface area contributed by atoms with Crippen molar-refractivity contribution < 1.29 is 4.79 Å². The van der Waals surface area contributed by atoms with Crippen LogP contribution in [0, 0.1) is 5.92 Å². The summed E-state index contributed by atoms with van der Waals surface area (Å²) < 4.78 is 0. The zero-order chi connectivity index (χ0) is 16.7. The van der Waals surface area contributed by atoms with Gasteiger partial charge in [0.1, 0.15) is 5.82 Å². The maximum atomic E-state index is 11.9. The first-order valence-corrected chi connectivity index (χ1v) is 8.02. The van der Waals surface area contributed by atoms with E-state index >= 15 is 0 Å². The van der Waals surface area contributed by atoms with Gasteiger partial charge >= 0.3 is 0 Å². The molecule has 1 amide bonds. The average Bonchev–Trinajstić information content (AvgIpc) is 2.54. The van der Waals surface area contributed by atoms with E-state index in [0.29, 0.717) is 35.5 Å². The maximum Gasteiger partial charge on any atom is 0.271 e. The predicted octanol–water partition coefficient (Wildman–Crippen LogP) is 3.52. The Morgan fingerprint density at radius 2 is 1.87 bits per heavy atom. The van der Waals surface area contributed by atoms with Crippen LogP contribution in [0.25, 0.3) is 0 Å². The largest absolute Gasteiger partial charge is 0.365 e. The Kier molecular flexibility index (Phi) is 6.35. The molecule has 0 bridgehead atoms. The molecule has 0 aliphatic carbocycles. The van der Waals surface area contributed by atoms with Crippen molar-refractivity contribution in [3.05, 3.63) is 52.7 Å². The molecule has 0 unspecified atom stereocenters. The summed E-state index contributed by atoms with van der Waals surface area (Å²) in [6, 6.07) is 11.0. The lowest BCUT2D eigenvalue weighted by atomic mass is 10.1. The first-order chi connectivity index (χ1) is 11.0. The molecule has 2 aromatic rings. The van der Waals surface area contributed by atoms with Crippen LogP contribution in [-0.4, -0.2) is 22.6 Å². The quantitative estimate of drug-likeness (QED) is 0.814. The van der Waals surface area contributed by atoms with Crippen molar-refractivity contribution in [1.29, 1.82) is 0 Å². The molecular formula is C17H21ClN4O. The van der Waals surface area contributed by atoms with E-state index in [1.165, 1.54) is 0 Å². The van der Waals surface area contributed by atoms with Crippen molar-refractivity contribution in [2.75, 3.05) is 11.9 Å². The molecule has 0 atom stereocenters. The van der Waals surface area contributed by atoms with Gasteiger partial charge in [-0.05, 0) is 42.2 Å².